The molecule has 0 aliphatic carbocycles. The van der Waals surface area contributed by atoms with Gasteiger partial charge in [0.25, 0.3) is 0 Å². The van der Waals surface area contributed by atoms with E-state index in [1.165, 1.54) is 32.6 Å². The molecule has 1 aromatic carbocycles. The molecule has 1 heterocycles. The highest BCUT2D eigenvalue weighted by atomic mass is 16.5. The van der Waals surface area contributed by atoms with Crippen molar-refractivity contribution in [3.8, 4) is 11.5 Å². The van der Waals surface area contributed by atoms with E-state index in [-0.39, 0.29) is 6.04 Å². The fourth-order valence-electron chi connectivity index (χ4n) is 3.65. The molecule has 1 unspecified atom stereocenters. The number of hydrogen-bond acceptors (Lipinski definition) is 5. The monoisotopic (exact) mass is 419 g/mol. The molecule has 2 N–H and O–H groups in total. The van der Waals surface area contributed by atoms with E-state index in [4.69, 9.17) is 9.47 Å². The number of nitrogens with one attached hydrogen (secondary N) is 2. The van der Waals surface area contributed by atoms with Crippen LogP contribution in [0.5, 0.6) is 11.5 Å². The fourth-order valence-corrected chi connectivity index (χ4v) is 3.65. The van der Waals surface area contributed by atoms with E-state index in [9.17, 15) is 0 Å². The van der Waals surface area contributed by atoms with Crippen LogP contribution in [0.4, 0.5) is 0 Å². The third-order valence-corrected chi connectivity index (χ3v) is 5.40. The molecule has 170 valence electrons. The summed E-state index contributed by atoms with van der Waals surface area (Å²) < 4.78 is 11.4. The van der Waals surface area contributed by atoms with Gasteiger partial charge in [0.05, 0.1) is 19.3 Å². The zero-order chi connectivity index (χ0) is 21.8. The first-order valence-corrected chi connectivity index (χ1v) is 11.3. The van der Waals surface area contributed by atoms with Gasteiger partial charge in [-0.05, 0) is 78.0 Å². The lowest BCUT2D eigenvalue weighted by Gasteiger charge is -2.22. The zero-order valence-electron chi connectivity index (χ0n) is 19.5. The van der Waals surface area contributed by atoms with Gasteiger partial charge in [-0.3, -0.25) is 4.99 Å². The van der Waals surface area contributed by atoms with Crippen LogP contribution in [-0.2, 0) is 0 Å². The first-order chi connectivity index (χ1) is 14.6. The van der Waals surface area contributed by atoms with Gasteiger partial charge in [-0.2, -0.15) is 0 Å². The average Bonchev–Trinajstić information content (AvgIpc) is 2.95. The highest BCUT2D eigenvalue weighted by molar-refractivity contribution is 5.80. The van der Waals surface area contributed by atoms with Crippen molar-refractivity contribution in [3.63, 3.8) is 0 Å². The standard InChI is InChI=1S/C23H41N5O2/c1-6-29-21-11-10-20(18-22(21)30-7-2)19(3)26-23(24-4)25-12-8-14-28-15-9-13-27(5)16-17-28/h10-11,18-19H,6-9,12-17H2,1-5H3,(H2,24,25,26). The Hall–Kier alpha value is -1.99. The Balaban J connectivity index is 1.81. The van der Waals surface area contributed by atoms with Gasteiger partial charge in [-0.15, -0.1) is 0 Å². The quantitative estimate of drug-likeness (QED) is 0.345. The van der Waals surface area contributed by atoms with Gasteiger partial charge in [-0.25, -0.2) is 0 Å². The number of rotatable bonds is 10. The fraction of sp³-hybridized carbons (Fsp3) is 0.696. The minimum absolute atomic E-state index is 0.104. The molecule has 0 radical (unpaired) electrons. The molecule has 1 saturated heterocycles. The molecule has 2 rings (SSSR count). The van der Waals surface area contributed by atoms with Crippen molar-refractivity contribution in [1.82, 2.24) is 20.4 Å². The summed E-state index contributed by atoms with van der Waals surface area (Å²) in [7, 11) is 4.03. The minimum atomic E-state index is 0.104. The van der Waals surface area contributed by atoms with Crippen molar-refractivity contribution in [3.05, 3.63) is 23.8 Å². The molecule has 1 aliphatic heterocycles. The van der Waals surface area contributed by atoms with Crippen LogP contribution in [0.1, 0.15) is 45.2 Å². The molecule has 1 aromatic rings. The van der Waals surface area contributed by atoms with Crippen molar-refractivity contribution in [2.24, 2.45) is 4.99 Å². The van der Waals surface area contributed by atoms with Crippen LogP contribution in [0.3, 0.4) is 0 Å². The highest BCUT2D eigenvalue weighted by Crippen LogP contribution is 2.30. The molecule has 7 heteroatoms. The number of aliphatic imine (C=N–C) groups is 1. The largest absolute Gasteiger partial charge is 0.490 e. The lowest BCUT2D eigenvalue weighted by atomic mass is 10.1. The van der Waals surface area contributed by atoms with Crippen LogP contribution in [-0.4, -0.2) is 82.3 Å². The van der Waals surface area contributed by atoms with Crippen LogP contribution in [0.2, 0.25) is 0 Å². The number of hydrogen-bond donors (Lipinski definition) is 2. The lowest BCUT2D eigenvalue weighted by molar-refractivity contribution is 0.274. The maximum atomic E-state index is 5.76. The zero-order valence-corrected chi connectivity index (χ0v) is 19.5. The molecule has 0 bridgehead atoms. The predicted molar refractivity (Wildman–Crippen MR) is 125 cm³/mol. The van der Waals surface area contributed by atoms with Gasteiger partial charge in [0, 0.05) is 26.7 Å². The summed E-state index contributed by atoms with van der Waals surface area (Å²) in [5, 5.41) is 6.93. The molecule has 0 spiro atoms. The predicted octanol–water partition coefficient (Wildman–Crippen LogP) is 2.74. The van der Waals surface area contributed by atoms with Gasteiger partial charge in [-0.1, -0.05) is 6.07 Å². The Bertz CT molecular complexity index is 652. The Morgan fingerprint density at radius 2 is 1.87 bits per heavy atom. The second-order valence-electron chi connectivity index (χ2n) is 7.79. The topological polar surface area (TPSA) is 61.4 Å². The van der Waals surface area contributed by atoms with Crippen LogP contribution in [0.15, 0.2) is 23.2 Å². The molecule has 1 aliphatic rings. The Morgan fingerprint density at radius 1 is 1.10 bits per heavy atom. The average molecular weight is 420 g/mol. The van der Waals surface area contributed by atoms with E-state index in [0.29, 0.717) is 13.2 Å². The second kappa shape index (κ2) is 13.3. The molecule has 7 nitrogen and oxygen atoms in total. The van der Waals surface area contributed by atoms with Crippen molar-refractivity contribution < 1.29 is 9.47 Å². The minimum Gasteiger partial charge on any atom is -0.490 e. The summed E-state index contributed by atoms with van der Waals surface area (Å²) in [6, 6.07) is 6.22. The van der Waals surface area contributed by atoms with E-state index in [1.807, 2.05) is 27.0 Å². The van der Waals surface area contributed by atoms with Crippen LogP contribution < -0.4 is 20.1 Å². The smallest absolute Gasteiger partial charge is 0.191 e. The molecular weight excluding hydrogens is 378 g/mol. The Morgan fingerprint density at radius 3 is 2.60 bits per heavy atom. The van der Waals surface area contributed by atoms with Gasteiger partial charge < -0.3 is 29.9 Å². The van der Waals surface area contributed by atoms with Crippen LogP contribution >= 0.6 is 0 Å². The molecule has 1 atom stereocenters. The van der Waals surface area contributed by atoms with Crippen molar-refractivity contribution in [2.75, 3.05) is 66.6 Å². The van der Waals surface area contributed by atoms with Gasteiger partial charge in [0.15, 0.2) is 17.5 Å². The molecule has 0 aromatic heterocycles. The first kappa shape index (κ1) is 24.3. The highest BCUT2D eigenvalue weighted by Gasteiger charge is 2.13. The molecular formula is C23H41N5O2. The van der Waals surface area contributed by atoms with Crippen LogP contribution in [0.25, 0.3) is 0 Å². The number of nitrogens with zero attached hydrogens (tertiary/aromatic N) is 3. The van der Waals surface area contributed by atoms with E-state index in [0.717, 1.165) is 42.5 Å². The third kappa shape index (κ3) is 8.03. The van der Waals surface area contributed by atoms with Gasteiger partial charge >= 0.3 is 0 Å². The van der Waals surface area contributed by atoms with Crippen LogP contribution in [0, 0.1) is 0 Å². The molecule has 0 amide bonds. The summed E-state index contributed by atoms with van der Waals surface area (Å²) in [5.74, 6) is 2.40. The van der Waals surface area contributed by atoms with Crippen molar-refractivity contribution >= 4 is 5.96 Å². The summed E-state index contributed by atoms with van der Waals surface area (Å²) in [6.45, 7) is 14.1. The van der Waals surface area contributed by atoms with Gasteiger partial charge in [0.1, 0.15) is 0 Å². The van der Waals surface area contributed by atoms with Crippen molar-refractivity contribution in [2.45, 2.75) is 39.7 Å². The second-order valence-corrected chi connectivity index (χ2v) is 7.79. The third-order valence-electron chi connectivity index (χ3n) is 5.40. The maximum Gasteiger partial charge on any atom is 0.191 e. The lowest BCUT2D eigenvalue weighted by Crippen LogP contribution is -2.40. The number of likely N-dealkylation sites (N-methyl/N-ethyl adjacent to an activating group) is 1. The normalized spacial score (nSPS) is 17.3. The Kier molecular flexibility index (Phi) is 10.8. The first-order valence-electron chi connectivity index (χ1n) is 11.3. The Labute approximate surface area is 182 Å². The number of guanidine groups is 1. The van der Waals surface area contributed by atoms with E-state index in [2.05, 4.69) is 51.5 Å². The summed E-state index contributed by atoms with van der Waals surface area (Å²) in [4.78, 5) is 9.38. The maximum absolute atomic E-state index is 5.76. The van der Waals surface area contributed by atoms with Gasteiger partial charge in [0.2, 0.25) is 0 Å². The number of benzene rings is 1. The summed E-state index contributed by atoms with van der Waals surface area (Å²) in [6.07, 6.45) is 2.37. The molecule has 30 heavy (non-hydrogen) atoms. The summed E-state index contributed by atoms with van der Waals surface area (Å²) in [5.41, 5.74) is 1.14. The van der Waals surface area contributed by atoms with E-state index < -0.39 is 0 Å². The van der Waals surface area contributed by atoms with Crippen molar-refractivity contribution in [1.29, 1.82) is 0 Å². The number of ether oxygens (including phenoxy) is 2. The van der Waals surface area contributed by atoms with E-state index >= 15 is 0 Å². The SMILES string of the molecule is CCOc1ccc(C(C)NC(=NC)NCCCN2CCCN(C)CC2)cc1OCC. The molecule has 1 fully saturated rings. The summed E-state index contributed by atoms with van der Waals surface area (Å²) >= 11 is 0. The molecule has 0 saturated carbocycles. The van der Waals surface area contributed by atoms with E-state index in [1.54, 1.807) is 0 Å².